The number of para-hydroxylation sites is 1. The number of amides is 1. The Balaban J connectivity index is 2.06. The average molecular weight is 446 g/mol. The van der Waals surface area contributed by atoms with Gasteiger partial charge in [-0.15, -0.1) is 0 Å². The van der Waals surface area contributed by atoms with E-state index in [0.717, 1.165) is 23.4 Å². The van der Waals surface area contributed by atoms with E-state index in [1.165, 1.54) is 17.6 Å². The van der Waals surface area contributed by atoms with Gasteiger partial charge in [-0.2, -0.15) is 0 Å². The SMILES string of the molecule is CCN(CC)CCN(C(=O)c1cccc(C)c1)c1nc2c(S(C)(=O)=O)cccc2s1. The molecule has 0 aliphatic rings. The molecule has 0 spiro atoms. The van der Waals surface area contributed by atoms with Crippen molar-refractivity contribution in [1.82, 2.24) is 9.88 Å². The first-order chi connectivity index (χ1) is 14.2. The van der Waals surface area contributed by atoms with Gasteiger partial charge in [0.1, 0.15) is 5.52 Å². The summed E-state index contributed by atoms with van der Waals surface area (Å²) in [7, 11) is -3.42. The van der Waals surface area contributed by atoms with Gasteiger partial charge < -0.3 is 4.90 Å². The van der Waals surface area contributed by atoms with Crippen LogP contribution in [0.4, 0.5) is 5.13 Å². The van der Waals surface area contributed by atoms with Crippen LogP contribution >= 0.6 is 11.3 Å². The minimum Gasteiger partial charge on any atom is -0.302 e. The minimum absolute atomic E-state index is 0.134. The number of sulfone groups is 1. The Labute approximate surface area is 182 Å². The van der Waals surface area contributed by atoms with E-state index in [1.54, 1.807) is 23.1 Å². The van der Waals surface area contributed by atoms with Crippen molar-refractivity contribution >= 4 is 42.4 Å². The first-order valence-corrected chi connectivity index (χ1v) is 12.7. The Bertz CT molecular complexity index is 1150. The number of hydrogen-bond acceptors (Lipinski definition) is 6. The molecule has 30 heavy (non-hydrogen) atoms. The lowest BCUT2D eigenvalue weighted by molar-refractivity contribution is 0.0983. The van der Waals surface area contributed by atoms with Crippen molar-refractivity contribution in [2.45, 2.75) is 25.7 Å². The number of benzene rings is 2. The highest BCUT2D eigenvalue weighted by atomic mass is 32.2. The summed E-state index contributed by atoms with van der Waals surface area (Å²) in [6.07, 6.45) is 1.18. The molecule has 0 aliphatic carbocycles. The Morgan fingerprint density at radius 3 is 2.40 bits per heavy atom. The van der Waals surface area contributed by atoms with Crippen molar-refractivity contribution in [1.29, 1.82) is 0 Å². The second-order valence-electron chi connectivity index (χ2n) is 7.22. The highest BCUT2D eigenvalue weighted by molar-refractivity contribution is 7.91. The quantitative estimate of drug-likeness (QED) is 0.524. The molecule has 1 heterocycles. The number of nitrogens with zero attached hydrogens (tertiary/aromatic N) is 3. The lowest BCUT2D eigenvalue weighted by Crippen LogP contribution is -2.38. The summed E-state index contributed by atoms with van der Waals surface area (Å²) in [5, 5.41) is 0.514. The summed E-state index contributed by atoms with van der Waals surface area (Å²) in [6.45, 7) is 9.09. The average Bonchev–Trinajstić information content (AvgIpc) is 3.14. The van der Waals surface area contributed by atoms with Gasteiger partial charge in [0.15, 0.2) is 15.0 Å². The van der Waals surface area contributed by atoms with Crippen LogP contribution in [0.25, 0.3) is 10.2 Å². The predicted octanol–water partition coefficient (Wildman–Crippen LogP) is 4.00. The first kappa shape index (κ1) is 22.4. The summed E-state index contributed by atoms with van der Waals surface area (Å²) in [5.41, 5.74) is 2.02. The van der Waals surface area contributed by atoms with Gasteiger partial charge in [-0.05, 0) is 44.3 Å². The highest BCUT2D eigenvalue weighted by Crippen LogP contribution is 2.33. The van der Waals surface area contributed by atoms with E-state index in [4.69, 9.17) is 0 Å². The molecule has 8 heteroatoms. The molecule has 3 rings (SSSR count). The van der Waals surface area contributed by atoms with E-state index >= 15 is 0 Å². The van der Waals surface area contributed by atoms with Crippen LogP contribution in [0, 0.1) is 6.92 Å². The molecule has 1 aromatic heterocycles. The number of thiazole rings is 1. The standard InChI is InChI=1S/C22H27N3O3S2/c1-5-24(6-2)13-14-25(21(26)17-10-7-9-16(3)15-17)22-23-20-18(29-22)11-8-12-19(20)30(4,27)28/h7-12,15H,5-6,13-14H2,1-4H3. The second kappa shape index (κ2) is 9.24. The topological polar surface area (TPSA) is 70.6 Å². The van der Waals surface area contributed by atoms with Gasteiger partial charge in [0.25, 0.3) is 5.91 Å². The zero-order chi connectivity index (χ0) is 21.9. The number of aromatic nitrogens is 1. The van der Waals surface area contributed by atoms with Crippen LogP contribution in [0.15, 0.2) is 47.4 Å². The Morgan fingerprint density at radius 2 is 1.77 bits per heavy atom. The third-order valence-corrected chi connectivity index (χ3v) is 7.22. The molecule has 160 valence electrons. The van der Waals surface area contributed by atoms with E-state index in [-0.39, 0.29) is 10.8 Å². The van der Waals surface area contributed by atoms with Crippen LogP contribution in [-0.2, 0) is 9.84 Å². The first-order valence-electron chi connectivity index (χ1n) is 9.95. The molecular weight excluding hydrogens is 418 g/mol. The van der Waals surface area contributed by atoms with Gasteiger partial charge in [0.05, 0.1) is 9.60 Å². The molecule has 0 radical (unpaired) electrons. The van der Waals surface area contributed by atoms with E-state index < -0.39 is 9.84 Å². The fraction of sp³-hybridized carbons (Fsp3) is 0.364. The van der Waals surface area contributed by atoms with E-state index in [1.807, 2.05) is 31.2 Å². The van der Waals surface area contributed by atoms with Crippen LogP contribution < -0.4 is 4.90 Å². The molecular formula is C22H27N3O3S2. The summed E-state index contributed by atoms with van der Waals surface area (Å²) in [4.78, 5) is 22.1. The second-order valence-corrected chi connectivity index (χ2v) is 10.2. The van der Waals surface area contributed by atoms with Gasteiger partial charge in [-0.25, -0.2) is 13.4 Å². The number of likely N-dealkylation sites (N-methyl/N-ethyl adjacent to an activating group) is 1. The maximum atomic E-state index is 13.4. The van der Waals surface area contributed by atoms with Crippen molar-refractivity contribution in [2.24, 2.45) is 0 Å². The van der Waals surface area contributed by atoms with Gasteiger partial charge in [0.2, 0.25) is 0 Å². The van der Waals surface area contributed by atoms with E-state index in [0.29, 0.717) is 29.3 Å². The molecule has 1 amide bonds. The molecule has 0 fully saturated rings. The molecule has 0 saturated carbocycles. The molecule has 3 aromatic rings. The zero-order valence-electron chi connectivity index (χ0n) is 17.8. The van der Waals surface area contributed by atoms with Gasteiger partial charge in [-0.1, -0.05) is 48.9 Å². The van der Waals surface area contributed by atoms with E-state index in [9.17, 15) is 13.2 Å². The van der Waals surface area contributed by atoms with Crippen molar-refractivity contribution in [3.8, 4) is 0 Å². The molecule has 0 saturated heterocycles. The fourth-order valence-corrected chi connectivity index (χ4v) is 5.24. The fourth-order valence-electron chi connectivity index (χ4n) is 3.33. The minimum atomic E-state index is -3.42. The Kier molecular flexibility index (Phi) is 6.90. The number of carbonyl (C=O) groups excluding carboxylic acids is 1. The molecule has 2 aromatic carbocycles. The smallest absolute Gasteiger partial charge is 0.260 e. The monoisotopic (exact) mass is 445 g/mol. The Hall–Kier alpha value is -2.29. The predicted molar refractivity (Wildman–Crippen MR) is 123 cm³/mol. The lowest BCUT2D eigenvalue weighted by Gasteiger charge is -2.24. The number of anilines is 1. The summed E-state index contributed by atoms with van der Waals surface area (Å²) >= 11 is 1.34. The number of hydrogen-bond donors (Lipinski definition) is 0. The summed E-state index contributed by atoms with van der Waals surface area (Å²) in [5.74, 6) is -0.134. The van der Waals surface area contributed by atoms with Gasteiger partial charge in [0, 0.05) is 24.9 Å². The number of carbonyl (C=O) groups is 1. The molecule has 0 unspecified atom stereocenters. The van der Waals surface area contributed by atoms with Crippen LogP contribution in [-0.4, -0.2) is 56.6 Å². The normalized spacial score (nSPS) is 11.9. The van der Waals surface area contributed by atoms with Crippen LogP contribution in [0.5, 0.6) is 0 Å². The van der Waals surface area contributed by atoms with Crippen molar-refractivity contribution < 1.29 is 13.2 Å². The third kappa shape index (κ3) is 4.88. The summed E-state index contributed by atoms with van der Waals surface area (Å²) in [6, 6.07) is 12.6. The number of rotatable bonds is 8. The molecule has 0 bridgehead atoms. The molecule has 0 atom stereocenters. The van der Waals surface area contributed by atoms with Gasteiger partial charge in [-0.3, -0.25) is 9.69 Å². The van der Waals surface area contributed by atoms with Crippen molar-refractivity contribution in [3.05, 3.63) is 53.6 Å². The molecule has 0 N–H and O–H groups in total. The molecule has 0 aliphatic heterocycles. The number of aryl methyl sites for hydroxylation is 1. The lowest BCUT2D eigenvalue weighted by atomic mass is 10.1. The number of fused-ring (bicyclic) bond motifs is 1. The molecule has 6 nitrogen and oxygen atoms in total. The maximum absolute atomic E-state index is 13.4. The van der Waals surface area contributed by atoms with E-state index in [2.05, 4.69) is 23.7 Å². The van der Waals surface area contributed by atoms with Gasteiger partial charge >= 0.3 is 0 Å². The largest absolute Gasteiger partial charge is 0.302 e. The third-order valence-electron chi connectivity index (χ3n) is 5.05. The zero-order valence-corrected chi connectivity index (χ0v) is 19.4. The highest BCUT2D eigenvalue weighted by Gasteiger charge is 2.24. The van der Waals surface area contributed by atoms with Crippen molar-refractivity contribution in [2.75, 3.05) is 37.3 Å². The summed E-state index contributed by atoms with van der Waals surface area (Å²) < 4.78 is 25.1. The Morgan fingerprint density at radius 1 is 1.07 bits per heavy atom. The van der Waals surface area contributed by atoms with Crippen LogP contribution in [0.2, 0.25) is 0 Å². The maximum Gasteiger partial charge on any atom is 0.260 e. The van der Waals surface area contributed by atoms with Crippen molar-refractivity contribution in [3.63, 3.8) is 0 Å². The van der Waals surface area contributed by atoms with Crippen LogP contribution in [0.3, 0.4) is 0 Å². The van der Waals surface area contributed by atoms with Crippen LogP contribution in [0.1, 0.15) is 29.8 Å².